The average molecular weight is 245 g/mol. The number of carbonyl (C=O) groups is 1. The molecule has 0 aliphatic carbocycles. The van der Waals surface area contributed by atoms with Crippen molar-refractivity contribution in [2.75, 3.05) is 53.5 Å². The minimum absolute atomic E-state index is 0.182. The number of hydrogen-bond donors (Lipinski definition) is 3. The Morgan fingerprint density at radius 1 is 1.53 bits per heavy atom. The molecule has 3 N–H and O–H groups in total. The highest BCUT2D eigenvalue weighted by Crippen LogP contribution is 2.15. The van der Waals surface area contributed by atoms with E-state index in [1.807, 2.05) is 7.05 Å². The summed E-state index contributed by atoms with van der Waals surface area (Å²) in [5.41, 5.74) is -0.242. The molecule has 0 unspecified atom stereocenters. The summed E-state index contributed by atoms with van der Waals surface area (Å²) in [6, 6.07) is 0. The maximum atomic E-state index is 10.8. The quantitative estimate of drug-likeness (QED) is 0.482. The van der Waals surface area contributed by atoms with E-state index >= 15 is 0 Å². The molecule has 0 amide bonds. The number of methoxy groups -OCH3 is 1. The molecule has 1 aliphatic rings. The van der Waals surface area contributed by atoms with E-state index < -0.39 is 5.97 Å². The second-order valence-electron chi connectivity index (χ2n) is 4.68. The van der Waals surface area contributed by atoms with Gasteiger partial charge in [-0.2, -0.15) is 0 Å². The average Bonchev–Trinajstić information content (AvgIpc) is 2.22. The van der Waals surface area contributed by atoms with Crippen molar-refractivity contribution < 1.29 is 14.6 Å². The van der Waals surface area contributed by atoms with Crippen molar-refractivity contribution in [1.29, 1.82) is 0 Å². The molecular weight excluding hydrogens is 222 g/mol. The first-order valence-corrected chi connectivity index (χ1v) is 5.93. The van der Waals surface area contributed by atoms with Crippen LogP contribution in [0.15, 0.2) is 0 Å². The number of hydrogen-bond acceptors (Lipinski definition) is 5. The molecule has 0 aromatic rings. The van der Waals surface area contributed by atoms with Gasteiger partial charge < -0.3 is 25.4 Å². The van der Waals surface area contributed by atoms with Crippen LogP contribution in [0.2, 0.25) is 0 Å². The minimum Gasteiger partial charge on any atom is -0.481 e. The lowest BCUT2D eigenvalue weighted by molar-refractivity contribution is -0.139. The van der Waals surface area contributed by atoms with Crippen LogP contribution in [0.1, 0.15) is 6.42 Å². The van der Waals surface area contributed by atoms with Gasteiger partial charge >= 0.3 is 5.97 Å². The minimum atomic E-state index is -0.744. The first-order chi connectivity index (χ1) is 8.08. The van der Waals surface area contributed by atoms with Crippen LogP contribution in [-0.4, -0.2) is 75.0 Å². The van der Waals surface area contributed by atoms with Gasteiger partial charge in [0.1, 0.15) is 0 Å². The molecule has 100 valence electrons. The van der Waals surface area contributed by atoms with Gasteiger partial charge in [-0.15, -0.1) is 0 Å². The van der Waals surface area contributed by atoms with Gasteiger partial charge in [-0.05, 0) is 7.05 Å². The first kappa shape index (κ1) is 14.4. The molecule has 0 atom stereocenters. The number of aliphatic carboxylic acids is 1. The second-order valence-corrected chi connectivity index (χ2v) is 4.68. The smallest absolute Gasteiger partial charge is 0.305 e. The predicted molar refractivity (Wildman–Crippen MR) is 65.2 cm³/mol. The zero-order valence-electron chi connectivity index (χ0n) is 10.7. The van der Waals surface area contributed by atoms with Gasteiger partial charge in [-0.25, -0.2) is 0 Å². The van der Waals surface area contributed by atoms with E-state index in [9.17, 15) is 4.79 Å². The van der Waals surface area contributed by atoms with Gasteiger partial charge in [0.25, 0.3) is 0 Å². The Kier molecular flexibility index (Phi) is 5.84. The molecule has 17 heavy (non-hydrogen) atoms. The lowest BCUT2D eigenvalue weighted by atomic mass is 9.88. The second kappa shape index (κ2) is 6.90. The Bertz CT molecular complexity index is 244. The molecule has 0 spiro atoms. The normalized spacial score (nSPS) is 18.1. The molecule has 0 bridgehead atoms. The van der Waals surface area contributed by atoms with Crippen molar-refractivity contribution in [3.8, 4) is 0 Å². The van der Waals surface area contributed by atoms with Gasteiger partial charge in [0.05, 0.1) is 18.6 Å². The zero-order chi connectivity index (χ0) is 12.7. The third-order valence-corrected chi connectivity index (χ3v) is 3.09. The molecule has 1 aliphatic heterocycles. The van der Waals surface area contributed by atoms with Gasteiger partial charge in [-0.1, -0.05) is 0 Å². The molecule has 1 rings (SSSR count). The van der Waals surface area contributed by atoms with Crippen molar-refractivity contribution in [2.24, 2.45) is 0 Å². The van der Waals surface area contributed by atoms with Gasteiger partial charge in [0.15, 0.2) is 0 Å². The molecule has 1 saturated heterocycles. The van der Waals surface area contributed by atoms with E-state index in [1.165, 1.54) is 0 Å². The summed E-state index contributed by atoms with van der Waals surface area (Å²) < 4.78 is 4.99. The number of nitrogens with one attached hydrogen (secondary N) is 2. The summed E-state index contributed by atoms with van der Waals surface area (Å²) >= 11 is 0. The standard InChI is InChI=1S/C11H23N3O3/c1-14(5-6-17-2)4-3-13-11(7-10(15)16)8-12-9-11/h12-13H,3-9H2,1-2H3,(H,15,16). The summed E-state index contributed by atoms with van der Waals surface area (Å²) in [5.74, 6) is -0.744. The number of ether oxygens (including phenoxy) is 1. The monoisotopic (exact) mass is 245 g/mol. The fourth-order valence-corrected chi connectivity index (χ4v) is 1.90. The molecule has 0 aromatic heterocycles. The summed E-state index contributed by atoms with van der Waals surface area (Å²) in [6.45, 7) is 4.78. The predicted octanol–water partition coefficient (Wildman–Crippen LogP) is -1.03. The fourth-order valence-electron chi connectivity index (χ4n) is 1.90. The molecule has 6 nitrogen and oxygen atoms in total. The van der Waals surface area contributed by atoms with E-state index in [2.05, 4.69) is 15.5 Å². The van der Waals surface area contributed by atoms with E-state index in [0.717, 1.165) is 39.3 Å². The molecule has 0 aromatic carbocycles. The van der Waals surface area contributed by atoms with Crippen LogP contribution >= 0.6 is 0 Å². The number of nitrogens with zero attached hydrogens (tertiary/aromatic N) is 1. The highest BCUT2D eigenvalue weighted by molar-refractivity contribution is 5.68. The first-order valence-electron chi connectivity index (χ1n) is 5.93. The van der Waals surface area contributed by atoms with Crippen molar-refractivity contribution in [3.05, 3.63) is 0 Å². The lowest BCUT2D eigenvalue weighted by Crippen LogP contribution is -2.69. The van der Waals surface area contributed by atoms with E-state index in [0.29, 0.717) is 0 Å². The molecule has 6 heteroatoms. The Labute approximate surface area is 102 Å². The molecule has 0 radical (unpaired) electrons. The molecule has 1 fully saturated rings. The number of carboxylic acid groups (broad SMARTS) is 1. The SMILES string of the molecule is COCCN(C)CCNC1(CC(=O)O)CNC1. The summed E-state index contributed by atoms with van der Waals surface area (Å²) in [5, 5.41) is 15.3. The van der Waals surface area contributed by atoms with Gasteiger partial charge in [0.2, 0.25) is 0 Å². The van der Waals surface area contributed by atoms with E-state index in [-0.39, 0.29) is 12.0 Å². The summed E-state index contributed by atoms with van der Waals surface area (Å²) in [4.78, 5) is 12.9. The van der Waals surface area contributed by atoms with Crippen LogP contribution in [0, 0.1) is 0 Å². The topological polar surface area (TPSA) is 73.8 Å². The van der Waals surface area contributed by atoms with E-state index in [4.69, 9.17) is 9.84 Å². The molecule has 1 heterocycles. The van der Waals surface area contributed by atoms with Crippen LogP contribution in [0.3, 0.4) is 0 Å². The Hall–Kier alpha value is -0.690. The van der Waals surface area contributed by atoms with Crippen molar-refractivity contribution in [2.45, 2.75) is 12.0 Å². The fraction of sp³-hybridized carbons (Fsp3) is 0.909. The van der Waals surface area contributed by atoms with Crippen LogP contribution in [-0.2, 0) is 9.53 Å². The third kappa shape index (κ3) is 4.99. The zero-order valence-corrected chi connectivity index (χ0v) is 10.7. The Balaban J connectivity index is 2.17. The highest BCUT2D eigenvalue weighted by atomic mass is 16.5. The third-order valence-electron chi connectivity index (χ3n) is 3.09. The van der Waals surface area contributed by atoms with Crippen molar-refractivity contribution >= 4 is 5.97 Å². The highest BCUT2D eigenvalue weighted by Gasteiger charge is 2.38. The van der Waals surface area contributed by atoms with Gasteiger partial charge in [0, 0.05) is 39.8 Å². The lowest BCUT2D eigenvalue weighted by Gasteiger charge is -2.42. The van der Waals surface area contributed by atoms with Crippen LogP contribution < -0.4 is 10.6 Å². The Morgan fingerprint density at radius 3 is 2.71 bits per heavy atom. The van der Waals surface area contributed by atoms with Crippen molar-refractivity contribution in [3.63, 3.8) is 0 Å². The van der Waals surface area contributed by atoms with E-state index in [1.54, 1.807) is 7.11 Å². The number of carboxylic acids is 1. The Morgan fingerprint density at radius 2 is 2.24 bits per heavy atom. The maximum absolute atomic E-state index is 10.8. The van der Waals surface area contributed by atoms with Gasteiger partial charge in [-0.3, -0.25) is 4.79 Å². The maximum Gasteiger partial charge on any atom is 0.305 e. The summed E-state index contributed by atoms with van der Waals surface area (Å²) in [6.07, 6.45) is 0.182. The van der Waals surface area contributed by atoms with Crippen LogP contribution in [0.5, 0.6) is 0 Å². The number of likely N-dealkylation sites (N-methyl/N-ethyl adjacent to an activating group) is 1. The van der Waals surface area contributed by atoms with Crippen LogP contribution in [0.4, 0.5) is 0 Å². The van der Waals surface area contributed by atoms with Crippen LogP contribution in [0.25, 0.3) is 0 Å². The number of rotatable bonds is 9. The van der Waals surface area contributed by atoms with Crippen molar-refractivity contribution in [1.82, 2.24) is 15.5 Å². The summed E-state index contributed by atoms with van der Waals surface area (Å²) in [7, 11) is 3.72. The largest absolute Gasteiger partial charge is 0.481 e. The molecular formula is C11H23N3O3. The molecule has 0 saturated carbocycles.